The number of aryl methyl sites for hydroxylation is 2. The van der Waals surface area contributed by atoms with Crippen LogP contribution in [0.15, 0.2) is 0 Å². The van der Waals surface area contributed by atoms with E-state index >= 15 is 0 Å². The highest BCUT2D eigenvalue weighted by Gasteiger charge is 2.23. The van der Waals surface area contributed by atoms with Crippen molar-refractivity contribution in [3.63, 3.8) is 0 Å². The second-order valence-corrected chi connectivity index (χ2v) is 8.66. The van der Waals surface area contributed by atoms with E-state index in [-0.39, 0.29) is 11.4 Å². The topological polar surface area (TPSA) is 71.0 Å². The lowest BCUT2D eigenvalue weighted by Crippen LogP contribution is -2.30. The lowest BCUT2D eigenvalue weighted by molar-refractivity contribution is 0.220. The van der Waals surface area contributed by atoms with E-state index < -0.39 is 0 Å². The van der Waals surface area contributed by atoms with Crippen LogP contribution in [0.5, 0.6) is 0 Å². The second-order valence-electron chi connectivity index (χ2n) is 6.40. The van der Waals surface area contributed by atoms with Crippen molar-refractivity contribution < 1.29 is 4.79 Å². The molecule has 0 atom stereocenters. The number of hydrogen-bond donors (Lipinski definition) is 1. The van der Waals surface area contributed by atoms with Gasteiger partial charge in [0.05, 0.1) is 12.2 Å². The summed E-state index contributed by atoms with van der Waals surface area (Å²) in [5.41, 5.74) is 1.09. The third-order valence-electron chi connectivity index (χ3n) is 3.21. The number of amides is 2. The van der Waals surface area contributed by atoms with Crippen molar-refractivity contribution in [1.82, 2.24) is 20.1 Å². The Morgan fingerprint density at radius 3 is 2.43 bits per heavy atom. The Kier molecular flexibility index (Phi) is 5.36. The molecule has 126 valence electrons. The molecule has 0 unspecified atom stereocenters. The van der Waals surface area contributed by atoms with Gasteiger partial charge in [-0.05, 0) is 18.8 Å². The maximum Gasteiger partial charge on any atom is 0.323 e. The minimum atomic E-state index is -0.185. The van der Waals surface area contributed by atoms with E-state index in [0.29, 0.717) is 11.7 Å². The number of aromatic nitrogens is 3. The molecule has 2 rings (SSSR count). The van der Waals surface area contributed by atoms with E-state index in [2.05, 4.69) is 48.2 Å². The van der Waals surface area contributed by atoms with Crippen molar-refractivity contribution >= 4 is 33.8 Å². The number of anilines is 1. The Hall–Kier alpha value is -1.54. The molecule has 23 heavy (non-hydrogen) atoms. The van der Waals surface area contributed by atoms with Crippen molar-refractivity contribution in [1.29, 1.82) is 0 Å². The van der Waals surface area contributed by atoms with E-state index in [1.165, 1.54) is 16.2 Å². The van der Waals surface area contributed by atoms with E-state index in [9.17, 15) is 4.79 Å². The predicted molar refractivity (Wildman–Crippen MR) is 95.3 cm³/mol. The largest absolute Gasteiger partial charge is 0.323 e. The van der Waals surface area contributed by atoms with Gasteiger partial charge in [-0.15, -0.1) is 21.5 Å². The first kappa shape index (κ1) is 17.8. The third kappa shape index (κ3) is 4.48. The van der Waals surface area contributed by atoms with Crippen molar-refractivity contribution in [3.8, 4) is 0 Å². The number of urea groups is 1. The zero-order valence-electron chi connectivity index (χ0n) is 14.4. The van der Waals surface area contributed by atoms with Gasteiger partial charge in [0.1, 0.15) is 10.0 Å². The molecule has 8 heteroatoms. The Morgan fingerprint density at radius 1 is 1.26 bits per heavy atom. The Morgan fingerprint density at radius 2 is 1.96 bits per heavy atom. The highest BCUT2D eigenvalue weighted by Crippen LogP contribution is 2.34. The SMILES string of the molecule is CCc1nc(NC(=O)N(C)Cc2nnc(C)s2)sc1C(C)(C)C. The molecule has 0 aromatic carbocycles. The van der Waals surface area contributed by atoms with Crippen LogP contribution in [0, 0.1) is 6.92 Å². The molecule has 2 amide bonds. The van der Waals surface area contributed by atoms with Crippen LogP contribution in [0.2, 0.25) is 0 Å². The highest BCUT2D eigenvalue weighted by atomic mass is 32.1. The molecule has 0 bridgehead atoms. The number of nitrogens with zero attached hydrogens (tertiary/aromatic N) is 4. The fourth-order valence-corrected chi connectivity index (χ4v) is 3.96. The zero-order valence-corrected chi connectivity index (χ0v) is 16.1. The number of nitrogens with one attached hydrogen (secondary N) is 1. The molecule has 0 aliphatic rings. The summed E-state index contributed by atoms with van der Waals surface area (Å²) in [7, 11) is 1.74. The summed E-state index contributed by atoms with van der Waals surface area (Å²) in [6, 6.07) is -0.185. The molecule has 0 saturated carbocycles. The van der Waals surface area contributed by atoms with Gasteiger partial charge >= 0.3 is 6.03 Å². The van der Waals surface area contributed by atoms with Crippen LogP contribution in [0.4, 0.5) is 9.93 Å². The summed E-state index contributed by atoms with van der Waals surface area (Å²) >= 11 is 3.05. The summed E-state index contributed by atoms with van der Waals surface area (Å²) in [5.74, 6) is 0. The standard InChI is InChI=1S/C15H23N5OS2/c1-7-10-12(15(3,4)5)23-13(16-10)17-14(21)20(6)8-11-19-18-9(2)22-11/h7-8H2,1-6H3,(H,16,17,21). The van der Waals surface area contributed by atoms with E-state index in [0.717, 1.165) is 22.1 Å². The Bertz CT molecular complexity index is 686. The predicted octanol–water partition coefficient (Wildman–Crippen LogP) is 3.83. The van der Waals surface area contributed by atoms with Crippen LogP contribution in [-0.4, -0.2) is 33.2 Å². The molecule has 1 N–H and O–H groups in total. The average molecular weight is 354 g/mol. The van der Waals surface area contributed by atoms with E-state index in [4.69, 9.17) is 0 Å². The number of thiazole rings is 1. The molecular weight excluding hydrogens is 330 g/mol. The molecule has 2 aromatic heterocycles. The van der Waals surface area contributed by atoms with Crippen molar-refractivity contribution in [2.45, 2.75) is 53.0 Å². The average Bonchev–Trinajstić information content (AvgIpc) is 3.04. The first-order valence-electron chi connectivity index (χ1n) is 7.52. The van der Waals surface area contributed by atoms with Gasteiger partial charge in [0.2, 0.25) is 0 Å². The fraction of sp³-hybridized carbons (Fsp3) is 0.600. The normalized spacial score (nSPS) is 11.6. The summed E-state index contributed by atoms with van der Waals surface area (Å²) in [4.78, 5) is 19.7. The summed E-state index contributed by atoms with van der Waals surface area (Å²) < 4.78 is 0. The fourth-order valence-electron chi connectivity index (χ4n) is 2.09. The molecule has 0 aliphatic heterocycles. The highest BCUT2D eigenvalue weighted by molar-refractivity contribution is 7.16. The molecule has 2 heterocycles. The van der Waals surface area contributed by atoms with E-state index in [1.807, 2.05) is 6.92 Å². The number of rotatable bonds is 4. The first-order valence-corrected chi connectivity index (χ1v) is 9.15. The van der Waals surface area contributed by atoms with Gasteiger partial charge < -0.3 is 4.90 Å². The van der Waals surface area contributed by atoms with Crippen LogP contribution in [0.3, 0.4) is 0 Å². The zero-order chi connectivity index (χ0) is 17.2. The molecule has 2 aromatic rings. The van der Waals surface area contributed by atoms with Crippen LogP contribution in [-0.2, 0) is 18.4 Å². The smallest absolute Gasteiger partial charge is 0.321 e. The molecule has 0 fully saturated rings. The third-order valence-corrected chi connectivity index (χ3v) is 5.48. The van der Waals surface area contributed by atoms with Crippen LogP contribution >= 0.6 is 22.7 Å². The van der Waals surface area contributed by atoms with Crippen LogP contribution in [0.25, 0.3) is 0 Å². The van der Waals surface area contributed by atoms with Gasteiger partial charge in [0.15, 0.2) is 5.13 Å². The van der Waals surface area contributed by atoms with Gasteiger partial charge in [-0.2, -0.15) is 0 Å². The lowest BCUT2D eigenvalue weighted by atomic mass is 9.93. The van der Waals surface area contributed by atoms with Crippen molar-refractivity contribution in [3.05, 3.63) is 20.6 Å². The quantitative estimate of drug-likeness (QED) is 0.907. The van der Waals surface area contributed by atoms with E-state index in [1.54, 1.807) is 23.3 Å². The Balaban J connectivity index is 2.06. The van der Waals surface area contributed by atoms with Crippen molar-refractivity contribution in [2.24, 2.45) is 0 Å². The minimum absolute atomic E-state index is 0.0297. The minimum Gasteiger partial charge on any atom is -0.321 e. The molecular formula is C15H23N5OS2. The number of carbonyl (C=O) groups is 1. The van der Waals surface area contributed by atoms with Crippen LogP contribution in [0.1, 0.15) is 48.3 Å². The second kappa shape index (κ2) is 6.92. The summed E-state index contributed by atoms with van der Waals surface area (Å²) in [6.07, 6.45) is 0.860. The molecule has 6 nitrogen and oxygen atoms in total. The maximum atomic E-state index is 12.3. The first-order chi connectivity index (χ1) is 10.7. The number of carbonyl (C=O) groups excluding carboxylic acids is 1. The van der Waals surface area contributed by atoms with Crippen molar-refractivity contribution in [2.75, 3.05) is 12.4 Å². The molecule has 0 spiro atoms. The van der Waals surface area contributed by atoms with Gasteiger partial charge in [-0.25, -0.2) is 9.78 Å². The van der Waals surface area contributed by atoms with Gasteiger partial charge in [0.25, 0.3) is 0 Å². The summed E-state index contributed by atoms with van der Waals surface area (Å²) in [5, 5.41) is 13.3. The molecule has 0 aliphatic carbocycles. The van der Waals surface area contributed by atoms with Gasteiger partial charge in [0, 0.05) is 11.9 Å². The monoisotopic (exact) mass is 353 g/mol. The Labute approximate surface area is 145 Å². The molecule has 0 saturated heterocycles. The van der Waals surface area contributed by atoms with Gasteiger partial charge in [-0.1, -0.05) is 39.0 Å². The number of hydrogen-bond acceptors (Lipinski definition) is 6. The lowest BCUT2D eigenvalue weighted by Gasteiger charge is -2.17. The molecule has 0 radical (unpaired) electrons. The van der Waals surface area contributed by atoms with Crippen LogP contribution < -0.4 is 5.32 Å². The summed E-state index contributed by atoms with van der Waals surface area (Å²) in [6.45, 7) is 10.9. The maximum absolute atomic E-state index is 12.3. The van der Waals surface area contributed by atoms with Gasteiger partial charge in [-0.3, -0.25) is 5.32 Å².